The summed E-state index contributed by atoms with van der Waals surface area (Å²) in [5, 5.41) is 9.06. The van der Waals surface area contributed by atoms with Crippen LogP contribution in [0.3, 0.4) is 0 Å². The predicted molar refractivity (Wildman–Crippen MR) is 43.3 cm³/mol. The molecule has 0 saturated carbocycles. The molecule has 73 valence electrons. The van der Waals surface area contributed by atoms with Crippen LogP contribution in [0.25, 0.3) is 0 Å². The molecule has 0 fully saturated rings. The predicted octanol–water partition coefficient (Wildman–Crippen LogP) is -0.0753. The van der Waals surface area contributed by atoms with Crippen molar-refractivity contribution in [2.75, 3.05) is 19.8 Å². The molecule has 0 amide bonds. The molecular weight excluding hydrogens is 249 g/mol. The summed E-state index contributed by atoms with van der Waals surface area (Å²) >= 11 is 0. The van der Waals surface area contributed by atoms with Crippen LogP contribution in [0.1, 0.15) is 0 Å². The third kappa shape index (κ3) is 10.2. The van der Waals surface area contributed by atoms with E-state index in [0.717, 1.165) is 6.08 Å². The van der Waals surface area contributed by atoms with Crippen LogP contribution in [-0.4, -0.2) is 37.0 Å². The first kappa shape index (κ1) is 15.7. The molecule has 0 saturated heterocycles. The van der Waals surface area contributed by atoms with E-state index in [1.807, 2.05) is 0 Å². The molecule has 0 bridgehead atoms. The monoisotopic (exact) mass is 262 g/mol. The van der Waals surface area contributed by atoms with Gasteiger partial charge >= 0.3 is 5.97 Å². The maximum absolute atomic E-state index is 10.5. The van der Waals surface area contributed by atoms with Crippen LogP contribution in [0.2, 0.25) is 0 Å². The summed E-state index contributed by atoms with van der Waals surface area (Å²) in [6, 6.07) is 0. The normalized spacial score (nSPS) is 11.2. The van der Waals surface area contributed by atoms with E-state index in [-0.39, 0.29) is 52.5 Å². The summed E-state index contributed by atoms with van der Waals surface area (Å²) in [6.07, 6.45) is 0.241. The Morgan fingerprint density at radius 2 is 2.23 bits per heavy atom. The molecule has 0 aliphatic heterocycles. The van der Waals surface area contributed by atoms with E-state index in [1.54, 1.807) is 0 Å². The number of carbonyl (C=O) groups is 1. The van der Waals surface area contributed by atoms with Gasteiger partial charge in [0.2, 0.25) is 0 Å². The quantitative estimate of drug-likeness (QED) is 0.413. The van der Waals surface area contributed by atoms with Crippen LogP contribution in [0.4, 0.5) is 0 Å². The Balaban J connectivity index is 0. The Morgan fingerprint density at radius 1 is 1.62 bits per heavy atom. The van der Waals surface area contributed by atoms with Crippen LogP contribution in [0.15, 0.2) is 12.7 Å². The summed E-state index contributed by atoms with van der Waals surface area (Å²) in [5.41, 5.74) is 0. The molecule has 0 aliphatic rings. The van der Waals surface area contributed by atoms with Gasteiger partial charge in [-0.15, -0.1) is 0 Å². The van der Waals surface area contributed by atoms with Gasteiger partial charge in [-0.3, -0.25) is 0 Å². The van der Waals surface area contributed by atoms with Gasteiger partial charge in [-0.25, -0.2) is 4.79 Å². The SMILES string of the molecule is C=CC(=O)OCC(O)COC[CH2-].[Y]. The van der Waals surface area contributed by atoms with Crippen LogP contribution in [0, 0.1) is 6.92 Å². The van der Waals surface area contributed by atoms with E-state index in [4.69, 9.17) is 9.84 Å². The molecule has 0 rings (SSSR count). The maximum atomic E-state index is 10.5. The first-order chi connectivity index (χ1) is 5.70. The van der Waals surface area contributed by atoms with E-state index >= 15 is 0 Å². The average molecular weight is 262 g/mol. The second kappa shape index (κ2) is 10.3. The fourth-order valence-corrected chi connectivity index (χ4v) is 0.505. The zero-order valence-electron chi connectivity index (χ0n) is 7.44. The Hall–Kier alpha value is 0.234. The van der Waals surface area contributed by atoms with Crippen LogP contribution in [-0.2, 0) is 47.0 Å². The number of rotatable bonds is 6. The molecule has 1 N–H and O–H groups in total. The Bertz CT molecular complexity index is 149. The third-order valence-electron chi connectivity index (χ3n) is 1.04. The minimum absolute atomic E-state index is 0. The number of hydrogen-bond acceptors (Lipinski definition) is 4. The van der Waals surface area contributed by atoms with E-state index in [1.165, 1.54) is 0 Å². The molecule has 5 heteroatoms. The van der Waals surface area contributed by atoms with E-state index in [0.29, 0.717) is 0 Å². The molecule has 0 aromatic heterocycles. The van der Waals surface area contributed by atoms with Crippen molar-refractivity contribution in [2.45, 2.75) is 6.10 Å². The molecule has 1 radical (unpaired) electrons. The zero-order valence-corrected chi connectivity index (χ0v) is 10.3. The maximum Gasteiger partial charge on any atom is 0.330 e. The summed E-state index contributed by atoms with van der Waals surface area (Å²) in [6.45, 7) is 6.94. The average Bonchev–Trinajstić information content (AvgIpc) is 2.10. The van der Waals surface area contributed by atoms with Crippen molar-refractivity contribution in [1.29, 1.82) is 0 Å². The van der Waals surface area contributed by atoms with E-state index in [2.05, 4.69) is 18.2 Å². The number of ether oxygens (including phenoxy) is 2. The number of carbonyl (C=O) groups excluding carboxylic acids is 1. The molecule has 0 aliphatic carbocycles. The number of aliphatic hydroxyl groups excluding tert-OH is 1. The second-order valence-electron chi connectivity index (χ2n) is 2.06. The van der Waals surface area contributed by atoms with E-state index < -0.39 is 12.1 Å². The Labute approximate surface area is 103 Å². The van der Waals surface area contributed by atoms with Crippen LogP contribution >= 0.6 is 0 Å². The number of aliphatic hydroxyl groups is 1. The number of hydrogen-bond donors (Lipinski definition) is 1. The van der Waals surface area contributed by atoms with Crippen molar-refractivity contribution >= 4 is 5.97 Å². The summed E-state index contributed by atoms with van der Waals surface area (Å²) in [5.74, 6) is -0.552. The van der Waals surface area contributed by atoms with Crippen LogP contribution < -0.4 is 0 Å². The standard InChI is InChI=1S/C8H13O4.Y/c1-3-8(10)12-6-7(9)5-11-4-2;/h3,7,9H,1-2,4-6H2;/q-1;. The minimum Gasteiger partial charge on any atom is -0.460 e. The Morgan fingerprint density at radius 3 is 2.69 bits per heavy atom. The van der Waals surface area contributed by atoms with Crippen molar-refractivity contribution in [3.05, 3.63) is 19.6 Å². The molecule has 1 atom stereocenters. The second-order valence-corrected chi connectivity index (χ2v) is 2.06. The topological polar surface area (TPSA) is 55.8 Å². The molecule has 0 spiro atoms. The largest absolute Gasteiger partial charge is 0.460 e. The third-order valence-corrected chi connectivity index (χ3v) is 1.04. The molecule has 0 aromatic rings. The van der Waals surface area contributed by atoms with Gasteiger partial charge in [0.1, 0.15) is 12.7 Å². The van der Waals surface area contributed by atoms with Gasteiger partial charge in [-0.1, -0.05) is 13.2 Å². The van der Waals surface area contributed by atoms with Gasteiger partial charge in [-0.05, 0) is 0 Å². The van der Waals surface area contributed by atoms with Crippen molar-refractivity contribution in [3.8, 4) is 0 Å². The van der Waals surface area contributed by atoms with E-state index in [9.17, 15) is 4.79 Å². The van der Waals surface area contributed by atoms with Gasteiger partial charge in [0.25, 0.3) is 0 Å². The fraction of sp³-hybridized carbons (Fsp3) is 0.500. The molecule has 13 heavy (non-hydrogen) atoms. The van der Waals surface area contributed by atoms with Crippen molar-refractivity contribution < 1.29 is 52.1 Å². The molecule has 1 unspecified atom stereocenters. The van der Waals surface area contributed by atoms with Crippen molar-refractivity contribution in [1.82, 2.24) is 0 Å². The van der Waals surface area contributed by atoms with Gasteiger partial charge in [0.05, 0.1) is 6.61 Å². The molecule has 0 heterocycles. The van der Waals surface area contributed by atoms with Crippen LogP contribution in [0.5, 0.6) is 0 Å². The molecule has 4 nitrogen and oxygen atoms in total. The minimum atomic E-state index is -0.796. The number of esters is 1. The summed E-state index contributed by atoms with van der Waals surface area (Å²) in [7, 11) is 0. The Kier molecular flexibility index (Phi) is 12.5. The van der Waals surface area contributed by atoms with Gasteiger partial charge in [-0.2, -0.15) is 0 Å². The van der Waals surface area contributed by atoms with Gasteiger partial charge in [0, 0.05) is 38.8 Å². The first-order valence-electron chi connectivity index (χ1n) is 3.55. The molecular formula is C8H13O4Y-. The summed E-state index contributed by atoms with van der Waals surface area (Å²) in [4.78, 5) is 10.5. The van der Waals surface area contributed by atoms with Crippen molar-refractivity contribution in [3.63, 3.8) is 0 Å². The molecule has 0 aromatic carbocycles. The zero-order chi connectivity index (χ0) is 9.40. The van der Waals surface area contributed by atoms with Gasteiger partial charge < -0.3 is 21.5 Å². The fourth-order valence-electron chi connectivity index (χ4n) is 0.505. The van der Waals surface area contributed by atoms with Gasteiger partial charge in [0.15, 0.2) is 0 Å². The smallest absolute Gasteiger partial charge is 0.330 e. The summed E-state index contributed by atoms with van der Waals surface area (Å²) < 4.78 is 9.33. The first-order valence-corrected chi connectivity index (χ1v) is 3.55. The van der Waals surface area contributed by atoms with Crippen molar-refractivity contribution in [2.24, 2.45) is 0 Å².